The van der Waals surface area contributed by atoms with Crippen LogP contribution in [0.25, 0.3) is 11.1 Å². The van der Waals surface area contributed by atoms with Gasteiger partial charge in [-0.3, -0.25) is 14.2 Å². The molecule has 0 radical (unpaired) electrons. The maximum absolute atomic E-state index is 12.9. The van der Waals surface area contributed by atoms with Gasteiger partial charge in [-0.1, -0.05) is 60.7 Å². The summed E-state index contributed by atoms with van der Waals surface area (Å²) in [5.74, 6) is 1.67. The molecule has 0 aliphatic rings. The van der Waals surface area contributed by atoms with E-state index < -0.39 is 17.2 Å². The average Bonchev–Trinajstić information content (AvgIpc) is 3.04. The highest BCUT2D eigenvalue weighted by molar-refractivity contribution is 5.90. The summed E-state index contributed by atoms with van der Waals surface area (Å²) >= 11 is 0. The lowest BCUT2D eigenvalue weighted by atomic mass is 10.1. The van der Waals surface area contributed by atoms with Crippen molar-refractivity contribution in [2.45, 2.75) is 32.4 Å². The molecule has 1 heterocycles. The number of hydrogen-bond acceptors (Lipinski definition) is 5. The Kier molecular flexibility index (Phi) is 9.82. The summed E-state index contributed by atoms with van der Waals surface area (Å²) in [6.07, 6.45) is 3.89. The van der Waals surface area contributed by atoms with Crippen molar-refractivity contribution in [3.05, 3.63) is 142 Å². The highest BCUT2D eigenvalue weighted by Gasteiger charge is 2.11. The number of aryl methyl sites for hydroxylation is 1. The van der Waals surface area contributed by atoms with Gasteiger partial charge in [0.1, 0.15) is 23.8 Å². The van der Waals surface area contributed by atoms with Crippen LogP contribution in [0.15, 0.2) is 131 Å². The summed E-state index contributed by atoms with van der Waals surface area (Å²) in [6, 6.07) is 35.8. The summed E-state index contributed by atoms with van der Waals surface area (Å²) in [5, 5.41) is 2.73. The van der Waals surface area contributed by atoms with Crippen molar-refractivity contribution in [2.24, 2.45) is 0 Å². The Morgan fingerprint density at radius 2 is 1.28 bits per heavy atom. The predicted octanol–water partition coefficient (Wildman–Crippen LogP) is 6.36. The normalized spacial score (nSPS) is 10.7. The highest BCUT2D eigenvalue weighted by atomic mass is 16.5. The summed E-state index contributed by atoms with van der Waals surface area (Å²) in [6.45, 7) is 0.631. The van der Waals surface area contributed by atoms with Gasteiger partial charge in [-0.15, -0.1) is 0 Å². The highest BCUT2D eigenvalue weighted by Crippen LogP contribution is 2.23. The lowest BCUT2D eigenvalue weighted by Crippen LogP contribution is -2.41. The molecule has 43 heavy (non-hydrogen) atoms. The van der Waals surface area contributed by atoms with Crippen molar-refractivity contribution in [1.82, 2.24) is 9.13 Å². The third-order valence-corrected chi connectivity index (χ3v) is 6.83. The van der Waals surface area contributed by atoms with Gasteiger partial charge in [0, 0.05) is 24.5 Å². The van der Waals surface area contributed by atoms with Gasteiger partial charge in [-0.2, -0.15) is 0 Å². The number of benzene rings is 4. The maximum atomic E-state index is 12.9. The van der Waals surface area contributed by atoms with Crippen LogP contribution < -0.4 is 26.0 Å². The number of amides is 1. The molecule has 0 saturated heterocycles. The lowest BCUT2D eigenvalue weighted by Gasteiger charge is -2.11. The van der Waals surface area contributed by atoms with E-state index >= 15 is 0 Å². The molecule has 1 N–H and O–H groups in total. The Morgan fingerprint density at radius 3 is 2.00 bits per heavy atom. The van der Waals surface area contributed by atoms with Gasteiger partial charge in [0.15, 0.2) is 0 Å². The van der Waals surface area contributed by atoms with Gasteiger partial charge in [-0.25, -0.2) is 4.79 Å². The van der Waals surface area contributed by atoms with E-state index in [1.54, 1.807) is 24.3 Å². The number of aromatic nitrogens is 2. The van der Waals surface area contributed by atoms with Crippen molar-refractivity contribution in [1.29, 1.82) is 0 Å². The number of rotatable bonds is 13. The number of ether oxygens (including phenoxy) is 2. The minimum Gasteiger partial charge on any atom is -0.494 e. The van der Waals surface area contributed by atoms with E-state index in [0.29, 0.717) is 30.3 Å². The smallest absolute Gasteiger partial charge is 0.331 e. The van der Waals surface area contributed by atoms with Crippen LogP contribution >= 0.6 is 0 Å². The molecule has 0 aliphatic heterocycles. The first-order valence-corrected chi connectivity index (χ1v) is 14.3. The van der Waals surface area contributed by atoms with Gasteiger partial charge >= 0.3 is 5.69 Å². The Hall–Kier alpha value is -5.37. The molecule has 0 atom stereocenters. The monoisotopic (exact) mass is 575 g/mol. The lowest BCUT2D eigenvalue weighted by molar-refractivity contribution is -0.116. The van der Waals surface area contributed by atoms with Crippen molar-refractivity contribution in [3.63, 3.8) is 0 Å². The second-order valence-electron chi connectivity index (χ2n) is 10.0. The maximum Gasteiger partial charge on any atom is 0.331 e. The van der Waals surface area contributed by atoms with Crippen LogP contribution in [0.4, 0.5) is 5.69 Å². The first kappa shape index (κ1) is 29.1. The molecule has 1 amide bonds. The number of hydrogen-bond donors (Lipinski definition) is 1. The number of nitrogens with zero attached hydrogens (tertiary/aromatic N) is 2. The summed E-state index contributed by atoms with van der Waals surface area (Å²) in [4.78, 5) is 38.0. The molecule has 0 spiro atoms. The molecule has 0 unspecified atom stereocenters. The van der Waals surface area contributed by atoms with E-state index in [-0.39, 0.29) is 6.54 Å². The molecule has 8 heteroatoms. The van der Waals surface area contributed by atoms with Crippen LogP contribution in [-0.2, 0) is 17.9 Å². The molecule has 4 aromatic carbocycles. The van der Waals surface area contributed by atoms with Crippen molar-refractivity contribution in [2.75, 3.05) is 11.9 Å². The van der Waals surface area contributed by atoms with Crippen molar-refractivity contribution < 1.29 is 14.3 Å². The van der Waals surface area contributed by atoms with E-state index in [4.69, 9.17) is 9.47 Å². The Balaban J connectivity index is 1.06. The van der Waals surface area contributed by atoms with Crippen LogP contribution in [0.2, 0.25) is 0 Å². The van der Waals surface area contributed by atoms with Crippen molar-refractivity contribution >= 4 is 11.6 Å². The van der Waals surface area contributed by atoms with Gasteiger partial charge in [-0.05, 0) is 78.9 Å². The minimum atomic E-state index is -0.519. The number of carbonyl (C=O) groups excluding carboxylic acids is 1. The molecule has 8 nitrogen and oxygen atoms in total. The van der Waals surface area contributed by atoms with Crippen LogP contribution in [-0.4, -0.2) is 21.6 Å². The number of nitrogens with one attached hydrogen (secondary N) is 1. The van der Waals surface area contributed by atoms with Crippen molar-refractivity contribution in [3.8, 4) is 28.4 Å². The third kappa shape index (κ3) is 8.33. The van der Waals surface area contributed by atoms with Gasteiger partial charge < -0.3 is 19.4 Å². The van der Waals surface area contributed by atoms with E-state index in [1.165, 1.54) is 16.8 Å². The zero-order valence-electron chi connectivity index (χ0n) is 23.7. The average molecular weight is 576 g/mol. The van der Waals surface area contributed by atoms with Gasteiger partial charge in [0.05, 0.1) is 6.61 Å². The molecule has 5 rings (SSSR count). The fourth-order valence-corrected chi connectivity index (χ4v) is 4.57. The van der Waals surface area contributed by atoms with E-state index in [0.717, 1.165) is 40.7 Å². The SMILES string of the molecule is O=C(Cn1c(=O)ccn(CCCCCOc2ccc(-c3ccccc3)cc2)c1=O)Nc1ccc(Oc2ccccc2)cc1. The van der Waals surface area contributed by atoms with Gasteiger partial charge in [0.2, 0.25) is 5.91 Å². The molecule has 0 fully saturated rings. The number of para-hydroxylation sites is 1. The van der Waals surface area contributed by atoms with E-state index in [1.807, 2.05) is 72.8 Å². The van der Waals surface area contributed by atoms with E-state index in [9.17, 15) is 14.4 Å². The number of unbranched alkanes of at least 4 members (excludes halogenated alkanes) is 2. The minimum absolute atomic E-state index is 0.377. The standard InChI is InChI=1S/C35H33N3O5/c39-33(36-29-16-20-32(21-17-29)43-31-12-6-2-7-13-31)26-38-34(40)22-24-37(35(38)41)23-8-3-9-25-42-30-18-14-28(15-19-30)27-10-4-1-5-11-27/h1-2,4-7,10-22,24H,3,8-9,23,25-26H2,(H,36,39). The van der Waals surface area contributed by atoms with Crippen LogP contribution in [0.5, 0.6) is 17.2 Å². The largest absolute Gasteiger partial charge is 0.494 e. The predicted molar refractivity (Wildman–Crippen MR) is 168 cm³/mol. The molecule has 0 bridgehead atoms. The Labute approximate surface area is 249 Å². The Morgan fingerprint density at radius 1 is 0.651 bits per heavy atom. The molecule has 218 valence electrons. The van der Waals surface area contributed by atoms with Crippen LogP contribution in [0.3, 0.4) is 0 Å². The molecule has 1 aromatic heterocycles. The molecule has 5 aromatic rings. The summed E-state index contributed by atoms with van der Waals surface area (Å²) in [7, 11) is 0. The summed E-state index contributed by atoms with van der Waals surface area (Å²) in [5.41, 5.74) is 1.81. The van der Waals surface area contributed by atoms with Crippen LogP contribution in [0.1, 0.15) is 19.3 Å². The number of carbonyl (C=O) groups is 1. The second kappa shape index (κ2) is 14.5. The first-order chi connectivity index (χ1) is 21.0. The molecule has 0 aliphatic carbocycles. The molecular formula is C35H33N3O5. The zero-order chi connectivity index (χ0) is 29.9. The fourth-order valence-electron chi connectivity index (χ4n) is 4.57. The fraction of sp³-hybridized carbons (Fsp3) is 0.171. The summed E-state index contributed by atoms with van der Waals surface area (Å²) < 4.78 is 14.0. The topological polar surface area (TPSA) is 91.6 Å². The first-order valence-electron chi connectivity index (χ1n) is 14.3. The molecular weight excluding hydrogens is 542 g/mol. The third-order valence-electron chi connectivity index (χ3n) is 6.83. The Bertz CT molecular complexity index is 1730. The number of anilines is 1. The zero-order valence-corrected chi connectivity index (χ0v) is 23.7. The van der Waals surface area contributed by atoms with Crippen LogP contribution in [0, 0.1) is 0 Å². The molecule has 0 saturated carbocycles. The second-order valence-corrected chi connectivity index (χ2v) is 10.0. The quantitative estimate of drug-likeness (QED) is 0.165. The van der Waals surface area contributed by atoms with E-state index in [2.05, 4.69) is 17.4 Å². The van der Waals surface area contributed by atoms with Gasteiger partial charge in [0.25, 0.3) is 5.56 Å².